The number of aliphatic hydroxyl groups is 1. The molecule has 0 bridgehead atoms. The maximum atomic E-state index is 11.7. The van der Waals surface area contributed by atoms with E-state index in [1.165, 1.54) is 0 Å². The number of hydrogen-bond donors (Lipinski definition) is 1. The fraction of sp³-hybridized carbons (Fsp3) is 0.462. The van der Waals surface area contributed by atoms with Gasteiger partial charge in [0.2, 0.25) is 0 Å². The second kappa shape index (κ2) is 4.85. The van der Waals surface area contributed by atoms with Gasteiger partial charge in [0.05, 0.1) is 18.3 Å². The van der Waals surface area contributed by atoms with E-state index in [0.29, 0.717) is 18.6 Å². The summed E-state index contributed by atoms with van der Waals surface area (Å²) in [6.07, 6.45) is 0.0325. The summed E-state index contributed by atoms with van der Waals surface area (Å²) in [7, 11) is 0. The van der Waals surface area contributed by atoms with Crippen LogP contribution in [-0.4, -0.2) is 36.0 Å². The van der Waals surface area contributed by atoms with Crippen molar-refractivity contribution in [3.05, 3.63) is 35.9 Å². The van der Waals surface area contributed by atoms with Gasteiger partial charge in [-0.2, -0.15) is 0 Å². The molecule has 2 rings (SSSR count). The van der Waals surface area contributed by atoms with Gasteiger partial charge in [-0.1, -0.05) is 18.2 Å². The lowest BCUT2D eigenvalue weighted by Crippen LogP contribution is -2.31. The van der Waals surface area contributed by atoms with E-state index in [2.05, 4.69) is 0 Å². The summed E-state index contributed by atoms with van der Waals surface area (Å²) in [5, 5.41) is 9.38. The third-order valence-corrected chi connectivity index (χ3v) is 2.81. The summed E-state index contributed by atoms with van der Waals surface area (Å²) in [6, 6.07) is 8.82. The number of carbonyl (C=O) groups excluding carboxylic acids is 1. The molecule has 0 aromatic heterocycles. The minimum absolute atomic E-state index is 0.164. The lowest BCUT2D eigenvalue weighted by atomic mass is 10.0. The fourth-order valence-electron chi connectivity index (χ4n) is 1.89. The number of hydrogen-bond acceptors (Lipinski definition) is 4. The zero-order valence-corrected chi connectivity index (χ0v) is 9.76. The topological polar surface area (TPSA) is 55.8 Å². The van der Waals surface area contributed by atoms with Gasteiger partial charge >= 0.3 is 5.97 Å². The molecule has 1 aliphatic heterocycles. The molecule has 0 aliphatic carbocycles. The first-order valence-corrected chi connectivity index (χ1v) is 5.63. The van der Waals surface area contributed by atoms with Crippen molar-refractivity contribution in [3.63, 3.8) is 0 Å². The first-order chi connectivity index (χ1) is 8.09. The van der Waals surface area contributed by atoms with Gasteiger partial charge in [-0.05, 0) is 19.1 Å². The second-order valence-corrected chi connectivity index (χ2v) is 4.56. The molecule has 1 saturated heterocycles. The Bertz CT molecular complexity index is 390. The average molecular weight is 236 g/mol. The number of aliphatic hydroxyl groups excluding tert-OH is 1. The van der Waals surface area contributed by atoms with Crippen molar-refractivity contribution in [2.24, 2.45) is 0 Å². The molecule has 0 amide bonds. The van der Waals surface area contributed by atoms with Gasteiger partial charge < -0.3 is 14.6 Å². The molecule has 1 N–H and O–H groups in total. The molecular formula is C13H16O4. The van der Waals surface area contributed by atoms with E-state index in [4.69, 9.17) is 9.47 Å². The largest absolute Gasteiger partial charge is 0.459 e. The van der Waals surface area contributed by atoms with Crippen molar-refractivity contribution in [1.29, 1.82) is 0 Å². The van der Waals surface area contributed by atoms with Gasteiger partial charge in [-0.15, -0.1) is 0 Å². The minimum Gasteiger partial charge on any atom is -0.459 e. The Morgan fingerprint density at radius 2 is 2.24 bits per heavy atom. The molecule has 0 saturated carbocycles. The zero-order valence-electron chi connectivity index (χ0n) is 9.76. The van der Waals surface area contributed by atoms with E-state index >= 15 is 0 Å². The summed E-state index contributed by atoms with van der Waals surface area (Å²) in [4.78, 5) is 11.7. The van der Waals surface area contributed by atoms with Crippen molar-refractivity contribution in [1.82, 2.24) is 0 Å². The molecular weight excluding hydrogens is 220 g/mol. The SMILES string of the molecule is C[C@@]1(COC(=O)c2ccccc2)CC(O)CO1. The van der Waals surface area contributed by atoms with Crippen LogP contribution in [0.1, 0.15) is 23.7 Å². The quantitative estimate of drug-likeness (QED) is 0.806. The Labute approximate surface area is 100 Å². The van der Waals surface area contributed by atoms with Gasteiger partial charge in [0.15, 0.2) is 0 Å². The molecule has 92 valence electrons. The van der Waals surface area contributed by atoms with E-state index in [-0.39, 0.29) is 12.6 Å². The van der Waals surface area contributed by atoms with Crippen molar-refractivity contribution in [2.45, 2.75) is 25.0 Å². The van der Waals surface area contributed by atoms with Crippen molar-refractivity contribution in [3.8, 4) is 0 Å². The van der Waals surface area contributed by atoms with Crippen LogP contribution < -0.4 is 0 Å². The number of esters is 1. The molecule has 1 unspecified atom stereocenters. The molecule has 4 heteroatoms. The smallest absolute Gasteiger partial charge is 0.338 e. The van der Waals surface area contributed by atoms with Gasteiger partial charge in [0, 0.05) is 6.42 Å². The van der Waals surface area contributed by atoms with Crippen LogP contribution in [0.15, 0.2) is 30.3 Å². The highest BCUT2D eigenvalue weighted by molar-refractivity contribution is 5.89. The van der Waals surface area contributed by atoms with Crippen LogP contribution in [0.25, 0.3) is 0 Å². The Morgan fingerprint density at radius 3 is 2.82 bits per heavy atom. The van der Waals surface area contributed by atoms with Gasteiger partial charge in [-0.3, -0.25) is 0 Å². The molecule has 0 spiro atoms. The molecule has 1 heterocycles. The highest BCUT2D eigenvalue weighted by Crippen LogP contribution is 2.25. The Morgan fingerprint density at radius 1 is 1.53 bits per heavy atom. The number of ether oxygens (including phenoxy) is 2. The molecule has 0 radical (unpaired) electrons. The van der Waals surface area contributed by atoms with E-state index < -0.39 is 11.7 Å². The minimum atomic E-state index is -0.566. The molecule has 4 nitrogen and oxygen atoms in total. The Kier molecular flexibility index (Phi) is 3.45. The van der Waals surface area contributed by atoms with E-state index in [0.717, 1.165) is 0 Å². The monoisotopic (exact) mass is 236 g/mol. The van der Waals surface area contributed by atoms with Crippen LogP contribution in [0, 0.1) is 0 Å². The first kappa shape index (κ1) is 12.1. The Hall–Kier alpha value is -1.39. The molecule has 1 aliphatic rings. The third kappa shape index (κ3) is 3.05. The van der Waals surface area contributed by atoms with Crippen LogP contribution in [0.5, 0.6) is 0 Å². The van der Waals surface area contributed by atoms with E-state index in [1.54, 1.807) is 24.3 Å². The van der Waals surface area contributed by atoms with Crippen LogP contribution in [0.4, 0.5) is 0 Å². The highest BCUT2D eigenvalue weighted by atomic mass is 16.6. The summed E-state index contributed by atoms with van der Waals surface area (Å²) < 4.78 is 10.6. The molecule has 1 aromatic rings. The second-order valence-electron chi connectivity index (χ2n) is 4.56. The van der Waals surface area contributed by atoms with Gasteiger partial charge in [0.25, 0.3) is 0 Å². The maximum Gasteiger partial charge on any atom is 0.338 e. The molecule has 1 fully saturated rings. The number of benzene rings is 1. The third-order valence-electron chi connectivity index (χ3n) is 2.81. The summed E-state index contributed by atoms with van der Waals surface area (Å²) >= 11 is 0. The predicted molar refractivity (Wildman–Crippen MR) is 61.7 cm³/mol. The average Bonchev–Trinajstić information content (AvgIpc) is 2.68. The highest BCUT2D eigenvalue weighted by Gasteiger charge is 2.36. The molecule has 1 aromatic carbocycles. The van der Waals surface area contributed by atoms with E-state index in [1.807, 2.05) is 13.0 Å². The maximum absolute atomic E-state index is 11.7. The standard InChI is InChI=1S/C13H16O4/c1-13(7-11(14)8-17-13)9-16-12(15)10-5-3-2-4-6-10/h2-6,11,14H,7-9H2,1H3/t11?,13-/m0/s1. The summed E-state index contributed by atoms with van der Waals surface area (Å²) in [5.41, 5.74) is -0.0428. The van der Waals surface area contributed by atoms with Crippen molar-refractivity contribution < 1.29 is 19.4 Å². The number of carbonyl (C=O) groups is 1. The first-order valence-electron chi connectivity index (χ1n) is 5.63. The van der Waals surface area contributed by atoms with Crippen LogP contribution in [0.3, 0.4) is 0 Å². The lowest BCUT2D eigenvalue weighted by Gasteiger charge is -2.22. The predicted octanol–water partition coefficient (Wildman–Crippen LogP) is 1.38. The zero-order chi connectivity index (χ0) is 12.3. The van der Waals surface area contributed by atoms with Crippen molar-refractivity contribution >= 4 is 5.97 Å². The molecule has 17 heavy (non-hydrogen) atoms. The van der Waals surface area contributed by atoms with Crippen molar-refractivity contribution in [2.75, 3.05) is 13.2 Å². The fourth-order valence-corrected chi connectivity index (χ4v) is 1.89. The van der Waals surface area contributed by atoms with Crippen LogP contribution in [-0.2, 0) is 9.47 Å². The lowest BCUT2D eigenvalue weighted by molar-refractivity contribution is -0.0386. The summed E-state index contributed by atoms with van der Waals surface area (Å²) in [6.45, 7) is 2.30. The van der Waals surface area contributed by atoms with Gasteiger partial charge in [-0.25, -0.2) is 4.79 Å². The van der Waals surface area contributed by atoms with Crippen LogP contribution in [0.2, 0.25) is 0 Å². The van der Waals surface area contributed by atoms with Crippen LogP contribution >= 0.6 is 0 Å². The normalized spacial score (nSPS) is 28.0. The Balaban J connectivity index is 1.89. The number of rotatable bonds is 3. The molecule has 2 atom stereocenters. The summed E-state index contributed by atoms with van der Waals surface area (Å²) in [5.74, 6) is -0.364. The van der Waals surface area contributed by atoms with E-state index in [9.17, 15) is 9.90 Å². The van der Waals surface area contributed by atoms with Gasteiger partial charge in [0.1, 0.15) is 12.2 Å².